The quantitative estimate of drug-likeness (QED) is 0.601. The molecule has 2 aromatic rings. The first kappa shape index (κ1) is 14.0. The maximum atomic E-state index is 5.72. The Morgan fingerprint density at radius 1 is 1.00 bits per heavy atom. The minimum atomic E-state index is 0.253. The van der Waals surface area contributed by atoms with E-state index in [1.165, 1.54) is 29.2 Å². The molecule has 0 spiro atoms. The number of hydrogen-bond donors (Lipinski definition) is 2. The fraction of sp³-hybridized carbons (Fsp3) is 0.412. The molecule has 2 heteroatoms. The molecule has 0 aliphatic rings. The Hall–Kier alpha value is -1.38. The highest BCUT2D eigenvalue weighted by Crippen LogP contribution is 2.24. The predicted molar refractivity (Wildman–Crippen MR) is 82.7 cm³/mol. The molecule has 1 unspecified atom stereocenters. The first-order valence-corrected chi connectivity index (χ1v) is 7.15. The Bertz CT molecular complexity index is 519. The van der Waals surface area contributed by atoms with Crippen molar-refractivity contribution in [3.05, 3.63) is 48.0 Å². The number of fused-ring (bicyclic) bond motifs is 1. The summed E-state index contributed by atoms with van der Waals surface area (Å²) in [4.78, 5) is 0. The van der Waals surface area contributed by atoms with E-state index in [0.29, 0.717) is 0 Å². The van der Waals surface area contributed by atoms with Crippen LogP contribution in [0.25, 0.3) is 10.8 Å². The van der Waals surface area contributed by atoms with Gasteiger partial charge in [-0.1, -0.05) is 63.1 Å². The first-order valence-electron chi connectivity index (χ1n) is 7.15. The van der Waals surface area contributed by atoms with E-state index in [1.807, 2.05) is 0 Å². The Morgan fingerprint density at radius 2 is 1.74 bits per heavy atom. The Labute approximate surface area is 116 Å². The average Bonchev–Trinajstić information content (AvgIpc) is 2.43. The lowest BCUT2D eigenvalue weighted by Gasteiger charge is -2.17. The lowest BCUT2D eigenvalue weighted by molar-refractivity contribution is 0.455. The molecule has 0 bridgehead atoms. The van der Waals surface area contributed by atoms with Crippen molar-refractivity contribution in [3.63, 3.8) is 0 Å². The van der Waals surface area contributed by atoms with Crippen LogP contribution in [0.5, 0.6) is 0 Å². The molecular weight excluding hydrogens is 232 g/mol. The van der Waals surface area contributed by atoms with Gasteiger partial charge in [0.2, 0.25) is 0 Å². The lowest BCUT2D eigenvalue weighted by atomic mass is 9.96. The van der Waals surface area contributed by atoms with Gasteiger partial charge in [-0.2, -0.15) is 0 Å². The Kier molecular flexibility index (Phi) is 4.94. The third kappa shape index (κ3) is 3.79. The second-order valence-electron chi connectivity index (χ2n) is 5.65. The highest BCUT2D eigenvalue weighted by atomic mass is 15.2. The zero-order valence-electron chi connectivity index (χ0n) is 11.9. The first-order chi connectivity index (χ1) is 9.20. The molecule has 0 heterocycles. The smallest absolute Gasteiger partial charge is 0.0460 e. The Balaban J connectivity index is 2.11. The molecule has 102 valence electrons. The van der Waals surface area contributed by atoms with Crippen molar-refractivity contribution < 1.29 is 0 Å². The maximum absolute atomic E-state index is 5.72. The normalized spacial score (nSPS) is 13.1. The van der Waals surface area contributed by atoms with E-state index in [1.54, 1.807) is 0 Å². The van der Waals surface area contributed by atoms with Crippen LogP contribution in [0.4, 0.5) is 0 Å². The number of nitrogens with two attached hydrogens (primary N) is 1. The van der Waals surface area contributed by atoms with Crippen molar-refractivity contribution in [2.24, 2.45) is 11.8 Å². The second kappa shape index (κ2) is 6.69. The number of hydrazine groups is 1. The van der Waals surface area contributed by atoms with E-state index in [-0.39, 0.29) is 6.04 Å². The molecule has 2 nitrogen and oxygen atoms in total. The van der Waals surface area contributed by atoms with E-state index in [2.05, 4.69) is 61.7 Å². The zero-order valence-corrected chi connectivity index (χ0v) is 11.9. The molecule has 3 N–H and O–H groups in total. The monoisotopic (exact) mass is 256 g/mol. The van der Waals surface area contributed by atoms with Crippen molar-refractivity contribution in [2.45, 2.75) is 39.2 Å². The zero-order chi connectivity index (χ0) is 13.7. The minimum absolute atomic E-state index is 0.253. The summed E-state index contributed by atoms with van der Waals surface area (Å²) in [7, 11) is 0. The van der Waals surface area contributed by atoms with Crippen LogP contribution in [-0.4, -0.2) is 0 Å². The summed E-state index contributed by atoms with van der Waals surface area (Å²) in [5.74, 6) is 6.48. The Morgan fingerprint density at radius 3 is 2.42 bits per heavy atom. The summed E-state index contributed by atoms with van der Waals surface area (Å²) in [5.41, 5.74) is 4.24. The van der Waals surface area contributed by atoms with Gasteiger partial charge in [-0.25, -0.2) is 0 Å². The van der Waals surface area contributed by atoms with Crippen molar-refractivity contribution in [1.29, 1.82) is 0 Å². The van der Waals surface area contributed by atoms with Crippen molar-refractivity contribution in [2.75, 3.05) is 0 Å². The third-order valence-corrected chi connectivity index (χ3v) is 3.65. The number of nitrogens with one attached hydrogen (secondary N) is 1. The summed E-state index contributed by atoms with van der Waals surface area (Å²) >= 11 is 0. The summed E-state index contributed by atoms with van der Waals surface area (Å²) in [6.45, 7) is 4.53. The van der Waals surface area contributed by atoms with Gasteiger partial charge < -0.3 is 0 Å². The van der Waals surface area contributed by atoms with Gasteiger partial charge in [-0.15, -0.1) is 0 Å². The lowest BCUT2D eigenvalue weighted by Crippen LogP contribution is -2.28. The molecule has 0 amide bonds. The number of benzene rings is 2. The molecule has 0 aliphatic carbocycles. The summed E-state index contributed by atoms with van der Waals surface area (Å²) in [5, 5.41) is 2.56. The van der Waals surface area contributed by atoms with Crippen LogP contribution in [0.2, 0.25) is 0 Å². The van der Waals surface area contributed by atoms with Gasteiger partial charge in [-0.3, -0.25) is 11.3 Å². The fourth-order valence-electron chi connectivity index (χ4n) is 2.50. The van der Waals surface area contributed by atoms with Gasteiger partial charge in [-0.05, 0) is 34.7 Å². The van der Waals surface area contributed by atoms with E-state index >= 15 is 0 Å². The SMILES string of the molecule is CC(C)CCCC(NN)c1ccc2ccccc2c1. The fourth-order valence-corrected chi connectivity index (χ4v) is 2.50. The van der Waals surface area contributed by atoms with Crippen LogP contribution < -0.4 is 11.3 Å². The van der Waals surface area contributed by atoms with Crippen LogP contribution in [0.1, 0.15) is 44.7 Å². The maximum Gasteiger partial charge on any atom is 0.0460 e. The summed E-state index contributed by atoms with van der Waals surface area (Å²) in [6.07, 6.45) is 3.55. The average molecular weight is 256 g/mol. The summed E-state index contributed by atoms with van der Waals surface area (Å²) < 4.78 is 0. The molecule has 0 saturated carbocycles. The van der Waals surface area contributed by atoms with Crippen LogP contribution in [0, 0.1) is 5.92 Å². The topological polar surface area (TPSA) is 38.0 Å². The van der Waals surface area contributed by atoms with Crippen LogP contribution in [0.15, 0.2) is 42.5 Å². The largest absolute Gasteiger partial charge is 0.271 e. The predicted octanol–water partition coefficient (Wildman–Crippen LogP) is 4.17. The van der Waals surface area contributed by atoms with Crippen molar-refractivity contribution >= 4 is 10.8 Å². The van der Waals surface area contributed by atoms with Gasteiger partial charge in [0, 0.05) is 6.04 Å². The van der Waals surface area contributed by atoms with E-state index in [0.717, 1.165) is 12.3 Å². The molecule has 0 saturated heterocycles. The van der Waals surface area contributed by atoms with Crippen LogP contribution in [-0.2, 0) is 0 Å². The standard InChI is InChI=1S/C17H24N2/c1-13(2)6-5-9-17(19-18)16-11-10-14-7-3-4-8-15(14)12-16/h3-4,7-8,10-13,17,19H,5-6,9,18H2,1-2H3. The van der Waals surface area contributed by atoms with Gasteiger partial charge in [0.05, 0.1) is 0 Å². The molecule has 0 aliphatic heterocycles. The molecule has 2 aromatic carbocycles. The molecule has 1 atom stereocenters. The number of hydrogen-bond acceptors (Lipinski definition) is 2. The summed E-state index contributed by atoms with van der Waals surface area (Å²) in [6, 6.07) is 15.3. The van der Waals surface area contributed by atoms with Crippen LogP contribution >= 0.6 is 0 Å². The molecule has 0 fully saturated rings. The van der Waals surface area contributed by atoms with Crippen molar-refractivity contribution in [3.8, 4) is 0 Å². The highest BCUT2D eigenvalue weighted by Gasteiger charge is 2.10. The van der Waals surface area contributed by atoms with E-state index in [4.69, 9.17) is 5.84 Å². The van der Waals surface area contributed by atoms with Crippen molar-refractivity contribution in [1.82, 2.24) is 5.43 Å². The number of rotatable bonds is 6. The molecular formula is C17H24N2. The molecule has 0 aromatic heterocycles. The van der Waals surface area contributed by atoms with E-state index < -0.39 is 0 Å². The van der Waals surface area contributed by atoms with Gasteiger partial charge in [0.25, 0.3) is 0 Å². The highest BCUT2D eigenvalue weighted by molar-refractivity contribution is 5.83. The van der Waals surface area contributed by atoms with E-state index in [9.17, 15) is 0 Å². The van der Waals surface area contributed by atoms with Crippen LogP contribution in [0.3, 0.4) is 0 Å². The van der Waals surface area contributed by atoms with Gasteiger partial charge >= 0.3 is 0 Å². The second-order valence-corrected chi connectivity index (χ2v) is 5.65. The molecule has 19 heavy (non-hydrogen) atoms. The third-order valence-electron chi connectivity index (χ3n) is 3.65. The van der Waals surface area contributed by atoms with Gasteiger partial charge in [0.1, 0.15) is 0 Å². The minimum Gasteiger partial charge on any atom is -0.271 e. The molecule has 0 radical (unpaired) electrons. The van der Waals surface area contributed by atoms with Gasteiger partial charge in [0.15, 0.2) is 0 Å². The molecule has 2 rings (SSSR count).